The summed E-state index contributed by atoms with van der Waals surface area (Å²) >= 11 is 0. The van der Waals surface area contributed by atoms with E-state index < -0.39 is 23.9 Å². The fraction of sp³-hybridized carbons (Fsp3) is 0.933. The molecule has 6 nitrogen and oxygen atoms in total. The van der Waals surface area contributed by atoms with Crippen molar-refractivity contribution in [2.45, 2.75) is 265 Å². The Morgan fingerprint density at radius 2 is 0.725 bits per heavy atom. The van der Waals surface area contributed by atoms with Crippen molar-refractivity contribution in [3.63, 3.8) is 0 Å². The van der Waals surface area contributed by atoms with E-state index >= 15 is 0 Å². The van der Waals surface area contributed by atoms with Crippen LogP contribution in [-0.2, 0) is 19.1 Å². The summed E-state index contributed by atoms with van der Waals surface area (Å²) in [4.78, 5) is 33.3. The Balaban J connectivity index is 0. The molecule has 0 bridgehead atoms. The standard InChI is InChI=1S/C28H58.C17H31NO5/c1-4-7-10-13-16-17-18-21-24-27-28(25-22-19-14-11-8-5-2)26-23-20-15-12-9-6-3;1-2-3-4-5-6-7-8-9-10-11-16(21)23-17(22)14(18)12-13-15(19)20/h28H,4-27H2,1-3H3;14H,2-13,18H2,1H3,(H,19,20)/t;14-/m.0/s1. The van der Waals surface area contributed by atoms with Gasteiger partial charge in [0.05, 0.1) is 0 Å². The number of aliphatic carboxylic acids is 1. The van der Waals surface area contributed by atoms with Gasteiger partial charge in [0, 0.05) is 12.8 Å². The number of carbonyl (C=O) groups is 3. The van der Waals surface area contributed by atoms with Crippen LogP contribution in [0.5, 0.6) is 0 Å². The van der Waals surface area contributed by atoms with Crippen molar-refractivity contribution in [1.82, 2.24) is 0 Å². The lowest BCUT2D eigenvalue weighted by Gasteiger charge is -2.17. The van der Waals surface area contributed by atoms with E-state index in [0.29, 0.717) is 6.42 Å². The molecule has 51 heavy (non-hydrogen) atoms. The predicted molar refractivity (Wildman–Crippen MR) is 219 cm³/mol. The Morgan fingerprint density at radius 3 is 1.04 bits per heavy atom. The van der Waals surface area contributed by atoms with Crippen molar-refractivity contribution >= 4 is 17.9 Å². The Kier molecular flexibility index (Phi) is 43.5. The lowest BCUT2D eigenvalue weighted by molar-refractivity contribution is -0.160. The number of carbonyl (C=O) groups excluding carboxylic acids is 2. The number of nitrogens with two attached hydrogens (primary N) is 1. The van der Waals surface area contributed by atoms with E-state index in [1.165, 1.54) is 193 Å². The third kappa shape index (κ3) is 42.9. The molecule has 3 N–H and O–H groups in total. The first-order valence-electron chi connectivity index (χ1n) is 22.5. The number of carboxylic acid groups (broad SMARTS) is 1. The molecule has 0 heterocycles. The van der Waals surface area contributed by atoms with Crippen LogP contribution in [0.3, 0.4) is 0 Å². The molecule has 0 aliphatic heterocycles. The van der Waals surface area contributed by atoms with Crippen LogP contribution >= 0.6 is 0 Å². The summed E-state index contributed by atoms with van der Waals surface area (Å²) in [5.74, 6) is -1.41. The lowest BCUT2D eigenvalue weighted by atomic mass is 9.89. The van der Waals surface area contributed by atoms with Crippen LogP contribution in [0.15, 0.2) is 0 Å². The molecule has 0 saturated heterocycles. The zero-order valence-corrected chi connectivity index (χ0v) is 34.8. The SMILES string of the molecule is CCCCCCCCCCCC(=O)OC(=O)[C@@H](N)CCC(=O)O.CCCCCCCCCCCC(CCCCCCCC)CCCCCCCC. The molecule has 0 aliphatic carbocycles. The molecule has 0 fully saturated rings. The molecule has 0 aromatic carbocycles. The maximum atomic E-state index is 11.5. The average molecular weight is 724 g/mol. The summed E-state index contributed by atoms with van der Waals surface area (Å²) < 4.78 is 4.62. The third-order valence-corrected chi connectivity index (χ3v) is 10.3. The van der Waals surface area contributed by atoms with Gasteiger partial charge in [0.25, 0.3) is 0 Å². The summed E-state index contributed by atoms with van der Waals surface area (Å²) in [7, 11) is 0. The largest absolute Gasteiger partial charge is 0.481 e. The van der Waals surface area contributed by atoms with Crippen LogP contribution < -0.4 is 5.73 Å². The number of hydrogen-bond donors (Lipinski definition) is 2. The molecule has 0 aliphatic rings. The fourth-order valence-corrected chi connectivity index (χ4v) is 6.82. The van der Waals surface area contributed by atoms with Crippen LogP contribution in [0.2, 0.25) is 0 Å². The normalized spacial score (nSPS) is 11.7. The van der Waals surface area contributed by atoms with Gasteiger partial charge in [-0.1, -0.05) is 233 Å². The van der Waals surface area contributed by atoms with Gasteiger partial charge in [0.15, 0.2) is 0 Å². The number of hydrogen-bond acceptors (Lipinski definition) is 5. The van der Waals surface area contributed by atoms with Crippen molar-refractivity contribution in [2.75, 3.05) is 0 Å². The first-order valence-corrected chi connectivity index (χ1v) is 22.5. The summed E-state index contributed by atoms with van der Waals surface area (Å²) in [5, 5.41) is 8.50. The van der Waals surface area contributed by atoms with Crippen molar-refractivity contribution in [3.05, 3.63) is 0 Å². The van der Waals surface area contributed by atoms with Crippen LogP contribution in [0.4, 0.5) is 0 Å². The highest BCUT2D eigenvalue weighted by Gasteiger charge is 2.19. The maximum Gasteiger partial charge on any atom is 0.330 e. The molecule has 0 unspecified atom stereocenters. The minimum Gasteiger partial charge on any atom is -0.481 e. The van der Waals surface area contributed by atoms with Crippen molar-refractivity contribution in [2.24, 2.45) is 11.7 Å². The molecule has 0 rings (SSSR count). The average Bonchev–Trinajstić information content (AvgIpc) is 3.11. The van der Waals surface area contributed by atoms with Gasteiger partial charge >= 0.3 is 17.9 Å². The van der Waals surface area contributed by atoms with Crippen molar-refractivity contribution in [1.29, 1.82) is 0 Å². The molecule has 0 aromatic rings. The highest BCUT2D eigenvalue weighted by Crippen LogP contribution is 2.25. The fourth-order valence-electron chi connectivity index (χ4n) is 6.82. The van der Waals surface area contributed by atoms with Crippen molar-refractivity contribution in [3.8, 4) is 0 Å². The Hall–Kier alpha value is -1.43. The maximum absolute atomic E-state index is 11.5. The quantitative estimate of drug-likeness (QED) is 0.0373. The zero-order valence-electron chi connectivity index (χ0n) is 34.8. The Labute approximate surface area is 318 Å². The van der Waals surface area contributed by atoms with Gasteiger partial charge in [-0.3, -0.25) is 9.59 Å². The number of unbranched alkanes of at least 4 members (excludes halogenated alkanes) is 26. The second-order valence-electron chi connectivity index (χ2n) is 15.5. The van der Waals surface area contributed by atoms with Crippen LogP contribution in [0.1, 0.15) is 259 Å². The van der Waals surface area contributed by atoms with E-state index in [0.717, 1.165) is 18.8 Å². The van der Waals surface area contributed by atoms with E-state index in [4.69, 9.17) is 10.8 Å². The third-order valence-electron chi connectivity index (χ3n) is 10.3. The van der Waals surface area contributed by atoms with E-state index in [1.54, 1.807) is 0 Å². The Bertz CT molecular complexity index is 726. The zero-order chi connectivity index (χ0) is 38.0. The predicted octanol–water partition coefficient (Wildman–Crippen LogP) is 14.2. The highest BCUT2D eigenvalue weighted by molar-refractivity contribution is 5.88. The Morgan fingerprint density at radius 1 is 0.431 bits per heavy atom. The highest BCUT2D eigenvalue weighted by atomic mass is 16.6. The monoisotopic (exact) mass is 724 g/mol. The van der Waals surface area contributed by atoms with Crippen molar-refractivity contribution < 1.29 is 24.2 Å². The van der Waals surface area contributed by atoms with Crippen LogP contribution in [-0.4, -0.2) is 29.1 Å². The second-order valence-corrected chi connectivity index (χ2v) is 15.5. The summed E-state index contributed by atoms with van der Waals surface area (Å²) in [5.41, 5.74) is 5.47. The van der Waals surface area contributed by atoms with Gasteiger partial charge in [-0.05, 0) is 18.8 Å². The van der Waals surface area contributed by atoms with E-state index in [2.05, 4.69) is 32.4 Å². The van der Waals surface area contributed by atoms with E-state index in [1.807, 2.05) is 0 Å². The molecule has 304 valence electrons. The van der Waals surface area contributed by atoms with Gasteiger partial charge < -0.3 is 15.6 Å². The number of ether oxygens (including phenoxy) is 1. The molecule has 0 saturated carbocycles. The second kappa shape index (κ2) is 43.0. The van der Waals surface area contributed by atoms with Gasteiger partial charge in [0.2, 0.25) is 0 Å². The molecule has 0 radical (unpaired) electrons. The van der Waals surface area contributed by atoms with E-state index in [9.17, 15) is 14.4 Å². The molecule has 0 aromatic heterocycles. The summed E-state index contributed by atoms with van der Waals surface area (Å²) in [6, 6.07) is -1.06. The van der Waals surface area contributed by atoms with Gasteiger partial charge in [-0.2, -0.15) is 0 Å². The number of esters is 2. The number of rotatable bonds is 38. The van der Waals surface area contributed by atoms with Gasteiger partial charge in [-0.25, -0.2) is 4.79 Å². The minimum absolute atomic E-state index is 0.0283. The summed E-state index contributed by atoms with van der Waals surface area (Å²) in [6.45, 7) is 9.15. The molecular formula is C45H89NO5. The first kappa shape index (κ1) is 51.7. The topological polar surface area (TPSA) is 107 Å². The first-order chi connectivity index (χ1) is 24.8. The molecule has 0 spiro atoms. The number of carboxylic acids is 1. The molecule has 0 amide bonds. The molecular weight excluding hydrogens is 634 g/mol. The minimum atomic E-state index is -1.06. The van der Waals surface area contributed by atoms with Crippen LogP contribution in [0.25, 0.3) is 0 Å². The van der Waals surface area contributed by atoms with Gasteiger partial charge in [-0.15, -0.1) is 0 Å². The van der Waals surface area contributed by atoms with E-state index in [-0.39, 0.29) is 19.3 Å². The van der Waals surface area contributed by atoms with Crippen LogP contribution in [0, 0.1) is 5.92 Å². The molecule has 1 atom stereocenters. The van der Waals surface area contributed by atoms with Gasteiger partial charge in [0.1, 0.15) is 6.04 Å². The molecule has 6 heteroatoms. The summed E-state index contributed by atoms with van der Waals surface area (Å²) in [6.07, 6.45) is 45.6. The smallest absolute Gasteiger partial charge is 0.330 e. The lowest BCUT2D eigenvalue weighted by Crippen LogP contribution is -2.34.